The van der Waals surface area contributed by atoms with Crippen molar-refractivity contribution in [3.63, 3.8) is 0 Å². The van der Waals surface area contributed by atoms with E-state index in [2.05, 4.69) is 45.5 Å². The van der Waals surface area contributed by atoms with Gasteiger partial charge in [-0.3, -0.25) is 10.9 Å². The molecule has 0 aliphatic rings. The molecule has 0 aromatic heterocycles. The van der Waals surface area contributed by atoms with Crippen molar-refractivity contribution in [3.8, 4) is 0 Å². The number of aliphatic hydroxyl groups is 3. The van der Waals surface area contributed by atoms with Crippen LogP contribution in [0.1, 0.15) is 0 Å². The highest BCUT2D eigenvalue weighted by Crippen LogP contribution is 1.95. The number of rotatable bonds is 6. The Morgan fingerprint density at radius 3 is 2.22 bits per heavy atom. The number of nitrogens with two attached hydrogens (primary N) is 2. The largest absolute Gasteiger partial charge is 0.394 e. The molecule has 0 saturated heterocycles. The highest BCUT2D eigenvalue weighted by atomic mass is 32.1. The van der Waals surface area contributed by atoms with Crippen molar-refractivity contribution in [1.29, 1.82) is 0 Å². The lowest BCUT2D eigenvalue weighted by molar-refractivity contribution is 0.0191. The van der Waals surface area contributed by atoms with Crippen LogP contribution < -0.4 is 22.3 Å². The van der Waals surface area contributed by atoms with E-state index in [4.69, 9.17) is 16.6 Å². The second-order valence-corrected chi connectivity index (χ2v) is 3.82. The maximum absolute atomic E-state index is 9.61. The summed E-state index contributed by atoms with van der Waals surface area (Å²) in [6, 6.07) is 0. The molecule has 0 aromatic rings. The molecule has 0 fully saturated rings. The molecule has 11 heteroatoms. The number of nitrogens with zero attached hydrogens (tertiary/aromatic N) is 2. The summed E-state index contributed by atoms with van der Waals surface area (Å²) in [5.74, 6) is 0. The van der Waals surface area contributed by atoms with Gasteiger partial charge in [-0.2, -0.15) is 10.2 Å². The van der Waals surface area contributed by atoms with Gasteiger partial charge in [-0.15, -0.1) is 0 Å². The van der Waals surface area contributed by atoms with Gasteiger partial charge in [0.25, 0.3) is 0 Å². The summed E-state index contributed by atoms with van der Waals surface area (Å²) in [6.07, 6.45) is -1.89. The maximum Gasteiger partial charge on any atom is 0.184 e. The quantitative estimate of drug-likeness (QED) is 0.151. The molecule has 0 saturated carbocycles. The zero-order valence-corrected chi connectivity index (χ0v) is 10.8. The van der Waals surface area contributed by atoms with E-state index >= 15 is 0 Å². The van der Waals surface area contributed by atoms with Gasteiger partial charge < -0.3 is 26.8 Å². The summed E-state index contributed by atoms with van der Waals surface area (Å²) in [6.45, 7) is -0.663. The van der Waals surface area contributed by atoms with Crippen LogP contribution in [0, 0.1) is 0 Å². The number of hydrogen-bond donors (Lipinski definition) is 7. The number of hydrazone groups is 2. The fraction of sp³-hybridized carbons (Fsp3) is 0.429. The molecule has 0 rings (SSSR count). The van der Waals surface area contributed by atoms with Crippen LogP contribution in [-0.4, -0.2) is 56.3 Å². The molecule has 0 aliphatic heterocycles. The van der Waals surface area contributed by atoms with Crippen molar-refractivity contribution in [1.82, 2.24) is 10.9 Å². The van der Waals surface area contributed by atoms with Gasteiger partial charge >= 0.3 is 0 Å². The van der Waals surface area contributed by atoms with Crippen LogP contribution in [0.4, 0.5) is 0 Å². The van der Waals surface area contributed by atoms with E-state index in [0.717, 1.165) is 6.21 Å². The van der Waals surface area contributed by atoms with E-state index < -0.39 is 18.8 Å². The Balaban J connectivity index is 4.81. The molecule has 0 radical (unpaired) electrons. The van der Waals surface area contributed by atoms with Crippen molar-refractivity contribution in [3.05, 3.63) is 0 Å². The lowest BCUT2D eigenvalue weighted by Gasteiger charge is -2.15. The van der Waals surface area contributed by atoms with E-state index in [1.807, 2.05) is 0 Å². The molecule has 0 spiro atoms. The van der Waals surface area contributed by atoms with E-state index in [0.29, 0.717) is 0 Å². The second-order valence-electron chi connectivity index (χ2n) is 2.94. The first-order valence-electron chi connectivity index (χ1n) is 4.57. The summed E-state index contributed by atoms with van der Waals surface area (Å²) in [5, 5.41) is 34.5. The van der Waals surface area contributed by atoms with Crippen LogP contribution in [0.15, 0.2) is 10.2 Å². The van der Waals surface area contributed by atoms with Crippen molar-refractivity contribution < 1.29 is 15.3 Å². The lowest BCUT2D eigenvalue weighted by atomic mass is 10.1. The first kappa shape index (κ1) is 16.6. The number of nitrogens with one attached hydrogen (secondary N) is 2. The molecular formula is C7H14N6O3S2. The Morgan fingerprint density at radius 2 is 1.78 bits per heavy atom. The Bertz CT molecular complexity index is 361. The minimum absolute atomic E-state index is 0.0925. The summed E-state index contributed by atoms with van der Waals surface area (Å²) >= 11 is 9.01. The molecule has 0 aliphatic carbocycles. The Morgan fingerprint density at radius 1 is 1.22 bits per heavy atom. The summed E-state index contributed by atoms with van der Waals surface area (Å²) < 4.78 is 0. The van der Waals surface area contributed by atoms with Crippen LogP contribution in [0.3, 0.4) is 0 Å². The van der Waals surface area contributed by atoms with E-state index in [1.165, 1.54) is 0 Å². The van der Waals surface area contributed by atoms with Crippen LogP contribution >= 0.6 is 24.4 Å². The predicted molar refractivity (Wildman–Crippen MR) is 74.9 cm³/mol. The monoisotopic (exact) mass is 294 g/mol. The molecule has 0 amide bonds. The highest BCUT2D eigenvalue weighted by Gasteiger charge is 2.20. The molecular weight excluding hydrogens is 280 g/mol. The third-order valence-corrected chi connectivity index (χ3v) is 1.70. The highest BCUT2D eigenvalue weighted by molar-refractivity contribution is 7.80. The normalized spacial score (nSPS) is 15.2. The van der Waals surface area contributed by atoms with Gasteiger partial charge in [0, 0.05) is 0 Å². The van der Waals surface area contributed by atoms with E-state index in [9.17, 15) is 10.2 Å². The third-order valence-electron chi connectivity index (χ3n) is 1.52. The summed E-state index contributed by atoms with van der Waals surface area (Å²) in [5.41, 5.74) is 14.6. The fourth-order valence-corrected chi connectivity index (χ4v) is 0.848. The van der Waals surface area contributed by atoms with Gasteiger partial charge in [-0.1, -0.05) is 0 Å². The van der Waals surface area contributed by atoms with Gasteiger partial charge in [0.1, 0.15) is 17.9 Å². The van der Waals surface area contributed by atoms with Gasteiger partial charge in [0.2, 0.25) is 0 Å². The molecule has 0 aromatic carbocycles. The van der Waals surface area contributed by atoms with Crippen LogP contribution in [0.25, 0.3) is 0 Å². The molecule has 2 atom stereocenters. The van der Waals surface area contributed by atoms with Crippen LogP contribution in [-0.2, 0) is 0 Å². The number of aliphatic hydroxyl groups excluding tert-OH is 3. The van der Waals surface area contributed by atoms with E-state index in [1.54, 1.807) is 0 Å². The molecule has 102 valence electrons. The Labute approximate surface area is 114 Å². The van der Waals surface area contributed by atoms with Crippen molar-refractivity contribution in [2.24, 2.45) is 21.7 Å². The van der Waals surface area contributed by atoms with Crippen molar-refractivity contribution in [2.75, 3.05) is 6.61 Å². The van der Waals surface area contributed by atoms with Gasteiger partial charge in [-0.05, 0) is 24.4 Å². The van der Waals surface area contributed by atoms with Crippen LogP contribution in [0.2, 0.25) is 0 Å². The molecule has 18 heavy (non-hydrogen) atoms. The zero-order chi connectivity index (χ0) is 14.1. The van der Waals surface area contributed by atoms with E-state index in [-0.39, 0.29) is 15.9 Å². The number of hydrogen-bond acceptors (Lipinski definition) is 7. The predicted octanol–water partition coefficient (Wildman–Crippen LogP) is -3.29. The maximum atomic E-state index is 9.61. The van der Waals surface area contributed by atoms with Gasteiger partial charge in [0.05, 0.1) is 12.8 Å². The summed E-state index contributed by atoms with van der Waals surface area (Å²) in [4.78, 5) is 0. The average molecular weight is 294 g/mol. The molecule has 0 heterocycles. The van der Waals surface area contributed by atoms with Crippen molar-refractivity contribution >= 4 is 46.6 Å². The third kappa shape index (κ3) is 7.03. The molecule has 9 nitrogen and oxygen atoms in total. The van der Waals surface area contributed by atoms with Gasteiger partial charge in [0.15, 0.2) is 10.2 Å². The Kier molecular flexibility index (Phi) is 7.98. The second kappa shape index (κ2) is 8.66. The Hall–Kier alpha value is -1.40. The minimum Gasteiger partial charge on any atom is -0.394 e. The van der Waals surface area contributed by atoms with Crippen LogP contribution in [0.5, 0.6) is 0 Å². The minimum atomic E-state index is -1.49. The number of thiocarbonyl (C=S) groups is 2. The molecule has 0 bridgehead atoms. The molecule has 9 N–H and O–H groups in total. The first-order chi connectivity index (χ1) is 8.38. The van der Waals surface area contributed by atoms with Gasteiger partial charge in [-0.25, -0.2) is 0 Å². The molecule has 2 unspecified atom stereocenters. The standard InChI is InChI=1S/C7H14N6O3S2/c8-6(17)12-10-1-3(11-13-7(9)18)5(16)4(15)2-14/h1,4-5,14-16H,2H2,(H3,8,12,17)(H3,9,13,18)/b10-1+,11-3+. The topological polar surface area (TPSA) is 162 Å². The fourth-order valence-electron chi connectivity index (χ4n) is 0.750. The smallest absolute Gasteiger partial charge is 0.184 e. The summed E-state index contributed by atoms with van der Waals surface area (Å²) in [7, 11) is 0. The van der Waals surface area contributed by atoms with Crippen molar-refractivity contribution in [2.45, 2.75) is 12.2 Å². The lowest BCUT2D eigenvalue weighted by Crippen LogP contribution is -2.39. The zero-order valence-electron chi connectivity index (χ0n) is 9.15. The SMILES string of the molecule is NC(=S)N/N=C/C(=N\NC(N)=S)C(O)C(O)CO. The average Bonchev–Trinajstić information content (AvgIpc) is 2.30. The first-order valence-corrected chi connectivity index (χ1v) is 5.38.